The highest BCUT2D eigenvalue weighted by atomic mass is 16.5. The van der Waals surface area contributed by atoms with Crippen molar-refractivity contribution < 1.29 is 9.53 Å². The highest BCUT2D eigenvalue weighted by molar-refractivity contribution is 5.80. The Morgan fingerprint density at radius 1 is 1.20 bits per heavy atom. The summed E-state index contributed by atoms with van der Waals surface area (Å²) in [7, 11) is 0. The molecule has 0 aromatic rings. The predicted octanol–water partition coefficient (Wildman–Crippen LogP) is 0.753. The Morgan fingerprint density at radius 2 is 1.80 bits per heavy atom. The van der Waals surface area contributed by atoms with Crippen molar-refractivity contribution >= 4 is 5.78 Å². The number of Topliss-reactive ketones (excluding diaryl/α,β-unsaturated/α-hetero) is 1. The average molecular weight is 138 g/mol. The Balaban J connectivity index is 1.93. The molecule has 1 saturated carbocycles. The molecule has 3 fully saturated rings. The highest BCUT2D eigenvalue weighted by Gasteiger charge is 2.58. The molecule has 2 heterocycles. The van der Waals surface area contributed by atoms with Crippen molar-refractivity contribution in [1.82, 2.24) is 0 Å². The molecule has 2 aliphatic heterocycles. The van der Waals surface area contributed by atoms with Gasteiger partial charge in [0.25, 0.3) is 0 Å². The van der Waals surface area contributed by atoms with E-state index in [9.17, 15) is 4.79 Å². The number of ketones is 1. The van der Waals surface area contributed by atoms with Crippen LogP contribution >= 0.6 is 0 Å². The number of ether oxygens (including phenoxy) is 1. The van der Waals surface area contributed by atoms with Crippen LogP contribution in [0.4, 0.5) is 0 Å². The fourth-order valence-corrected chi connectivity index (χ4v) is 2.45. The maximum Gasteiger partial charge on any atom is 0.138 e. The molecule has 4 unspecified atom stereocenters. The van der Waals surface area contributed by atoms with Gasteiger partial charge in [-0.25, -0.2) is 0 Å². The maximum absolute atomic E-state index is 11.0. The lowest BCUT2D eigenvalue weighted by Crippen LogP contribution is -2.28. The van der Waals surface area contributed by atoms with E-state index in [-0.39, 0.29) is 0 Å². The van der Waals surface area contributed by atoms with Crippen molar-refractivity contribution in [2.24, 2.45) is 11.8 Å². The first kappa shape index (κ1) is 5.30. The standard InChI is InChI=1S/C8H10O2/c9-4-1-7-5-3-6(5)8(2-4)10-7/h5-8H,1-3H2. The Hall–Kier alpha value is -0.370. The Bertz CT molecular complexity index is 181. The summed E-state index contributed by atoms with van der Waals surface area (Å²) in [6.45, 7) is 0. The van der Waals surface area contributed by atoms with Crippen LogP contribution in [0.15, 0.2) is 0 Å². The quantitative estimate of drug-likeness (QED) is 0.494. The second kappa shape index (κ2) is 1.45. The van der Waals surface area contributed by atoms with E-state index >= 15 is 0 Å². The van der Waals surface area contributed by atoms with E-state index in [1.165, 1.54) is 6.42 Å². The minimum Gasteiger partial charge on any atom is -0.373 e. The Kier molecular flexibility index (Phi) is 0.768. The van der Waals surface area contributed by atoms with E-state index in [4.69, 9.17) is 4.74 Å². The van der Waals surface area contributed by atoms with E-state index in [0.717, 1.165) is 11.8 Å². The van der Waals surface area contributed by atoms with Crippen molar-refractivity contribution in [3.8, 4) is 0 Å². The summed E-state index contributed by atoms with van der Waals surface area (Å²) in [5, 5.41) is 0. The molecular formula is C8H10O2. The van der Waals surface area contributed by atoms with Gasteiger partial charge in [0.1, 0.15) is 5.78 Å². The topological polar surface area (TPSA) is 26.3 Å². The number of hydrogen-bond donors (Lipinski definition) is 0. The Labute approximate surface area is 59.6 Å². The zero-order valence-electron chi connectivity index (χ0n) is 5.75. The number of rotatable bonds is 0. The van der Waals surface area contributed by atoms with Crippen LogP contribution in [0.5, 0.6) is 0 Å². The molecule has 54 valence electrons. The van der Waals surface area contributed by atoms with Crippen molar-refractivity contribution in [2.75, 3.05) is 0 Å². The van der Waals surface area contributed by atoms with Crippen LogP contribution in [-0.2, 0) is 9.53 Å². The number of carbonyl (C=O) groups is 1. The zero-order valence-corrected chi connectivity index (χ0v) is 5.75. The van der Waals surface area contributed by atoms with Gasteiger partial charge in [0, 0.05) is 12.8 Å². The van der Waals surface area contributed by atoms with Gasteiger partial charge in [0.15, 0.2) is 0 Å². The summed E-state index contributed by atoms with van der Waals surface area (Å²) in [4.78, 5) is 11.0. The third kappa shape index (κ3) is 0.511. The van der Waals surface area contributed by atoms with Gasteiger partial charge in [-0.2, -0.15) is 0 Å². The van der Waals surface area contributed by atoms with Crippen LogP contribution < -0.4 is 0 Å². The van der Waals surface area contributed by atoms with E-state index in [2.05, 4.69) is 0 Å². The lowest BCUT2D eigenvalue weighted by atomic mass is 10.0. The van der Waals surface area contributed by atoms with Gasteiger partial charge in [0.05, 0.1) is 12.2 Å². The predicted molar refractivity (Wildman–Crippen MR) is 34.5 cm³/mol. The molecule has 0 aromatic carbocycles. The second-order valence-electron chi connectivity index (χ2n) is 3.72. The minimum atomic E-state index is 0.330. The van der Waals surface area contributed by atoms with Crippen LogP contribution in [0, 0.1) is 11.8 Å². The molecule has 0 aromatic heterocycles. The first-order chi connectivity index (χ1) is 4.84. The highest BCUT2D eigenvalue weighted by Crippen LogP contribution is 2.56. The number of fused-ring (bicyclic) bond motifs is 5. The molecule has 2 nitrogen and oxygen atoms in total. The molecule has 4 atom stereocenters. The average Bonchev–Trinajstić information content (AvgIpc) is 2.59. The molecule has 0 radical (unpaired) electrons. The lowest BCUT2D eigenvalue weighted by Gasteiger charge is -2.22. The first-order valence-corrected chi connectivity index (χ1v) is 4.02. The summed E-state index contributed by atoms with van der Waals surface area (Å²) < 4.78 is 5.61. The molecule has 2 bridgehead atoms. The van der Waals surface area contributed by atoms with Crippen molar-refractivity contribution in [3.05, 3.63) is 0 Å². The summed E-state index contributed by atoms with van der Waals surface area (Å²) in [6, 6.07) is 0. The third-order valence-electron chi connectivity index (χ3n) is 3.05. The van der Waals surface area contributed by atoms with E-state index in [1.807, 2.05) is 0 Å². The van der Waals surface area contributed by atoms with Crippen LogP contribution in [0.25, 0.3) is 0 Å². The molecule has 3 aliphatic rings. The second-order valence-corrected chi connectivity index (χ2v) is 3.72. The van der Waals surface area contributed by atoms with Gasteiger partial charge in [-0.15, -0.1) is 0 Å². The molecule has 3 rings (SSSR count). The molecular weight excluding hydrogens is 128 g/mol. The van der Waals surface area contributed by atoms with Crippen molar-refractivity contribution in [1.29, 1.82) is 0 Å². The van der Waals surface area contributed by atoms with E-state index in [0.29, 0.717) is 30.8 Å². The number of carbonyl (C=O) groups excluding carboxylic acids is 1. The van der Waals surface area contributed by atoms with Crippen molar-refractivity contribution in [3.63, 3.8) is 0 Å². The molecule has 10 heavy (non-hydrogen) atoms. The van der Waals surface area contributed by atoms with Crippen molar-refractivity contribution in [2.45, 2.75) is 31.5 Å². The molecule has 1 aliphatic carbocycles. The number of hydrogen-bond acceptors (Lipinski definition) is 2. The van der Waals surface area contributed by atoms with Gasteiger partial charge in [-0.3, -0.25) is 4.79 Å². The van der Waals surface area contributed by atoms with E-state index in [1.54, 1.807) is 0 Å². The SMILES string of the molecule is O=C1CC2OC(C1)C1CC21. The largest absolute Gasteiger partial charge is 0.373 e. The van der Waals surface area contributed by atoms with Gasteiger partial charge in [-0.05, 0) is 18.3 Å². The molecule has 0 N–H and O–H groups in total. The smallest absolute Gasteiger partial charge is 0.138 e. The monoisotopic (exact) mass is 138 g/mol. The Morgan fingerprint density at radius 3 is 2.40 bits per heavy atom. The van der Waals surface area contributed by atoms with Gasteiger partial charge in [0.2, 0.25) is 0 Å². The molecule has 0 spiro atoms. The summed E-state index contributed by atoms with van der Waals surface area (Å²) >= 11 is 0. The fourth-order valence-electron chi connectivity index (χ4n) is 2.45. The van der Waals surface area contributed by atoms with E-state index < -0.39 is 0 Å². The molecule has 2 heteroatoms. The lowest BCUT2D eigenvalue weighted by molar-refractivity contribution is -0.132. The van der Waals surface area contributed by atoms with Gasteiger partial charge >= 0.3 is 0 Å². The minimum absolute atomic E-state index is 0.330. The summed E-state index contributed by atoms with van der Waals surface area (Å²) in [5.74, 6) is 1.97. The fraction of sp³-hybridized carbons (Fsp3) is 0.875. The molecule has 2 saturated heterocycles. The molecule has 0 amide bonds. The van der Waals surface area contributed by atoms with Gasteiger partial charge in [-0.1, -0.05) is 0 Å². The summed E-state index contributed by atoms with van der Waals surface area (Å²) in [6.07, 6.45) is 3.41. The first-order valence-electron chi connectivity index (χ1n) is 4.02. The third-order valence-corrected chi connectivity index (χ3v) is 3.05. The van der Waals surface area contributed by atoms with Crippen LogP contribution in [0.1, 0.15) is 19.3 Å². The summed E-state index contributed by atoms with van der Waals surface area (Å²) in [5.41, 5.74) is 0. The van der Waals surface area contributed by atoms with Crippen LogP contribution in [0.3, 0.4) is 0 Å². The van der Waals surface area contributed by atoms with Crippen LogP contribution in [0.2, 0.25) is 0 Å². The van der Waals surface area contributed by atoms with Crippen LogP contribution in [-0.4, -0.2) is 18.0 Å². The zero-order chi connectivity index (χ0) is 6.72. The normalized spacial score (nSPS) is 56.6. The van der Waals surface area contributed by atoms with Gasteiger partial charge < -0.3 is 4.74 Å². The maximum atomic E-state index is 11.0.